The van der Waals surface area contributed by atoms with Gasteiger partial charge in [-0.2, -0.15) is 5.10 Å². The van der Waals surface area contributed by atoms with Gasteiger partial charge in [-0.05, 0) is 53.5 Å². The molecule has 1 atom stereocenters. The van der Waals surface area contributed by atoms with Crippen LogP contribution in [0.5, 0.6) is 0 Å². The SMILES string of the molecule is Cc1nc2ncc(Br)nc2n1[C@@H](C)c1ccc2ncc(-c3cnn(C)c3)cc2c1. The van der Waals surface area contributed by atoms with Gasteiger partial charge in [0.25, 0.3) is 0 Å². The summed E-state index contributed by atoms with van der Waals surface area (Å²) < 4.78 is 4.61. The van der Waals surface area contributed by atoms with Crippen LogP contribution in [0.1, 0.15) is 24.4 Å². The first-order valence-corrected chi connectivity index (χ1v) is 10.0. The Kier molecular flexibility index (Phi) is 4.16. The molecular weight excluding hydrogens is 430 g/mol. The van der Waals surface area contributed by atoms with E-state index in [0.717, 1.165) is 39.1 Å². The molecule has 0 amide bonds. The lowest BCUT2D eigenvalue weighted by molar-refractivity contribution is 0.632. The van der Waals surface area contributed by atoms with E-state index in [1.54, 1.807) is 10.9 Å². The van der Waals surface area contributed by atoms with E-state index in [2.05, 4.69) is 76.7 Å². The Morgan fingerprint density at radius 2 is 1.86 bits per heavy atom. The number of pyridine rings is 1. The van der Waals surface area contributed by atoms with E-state index in [1.165, 1.54) is 0 Å². The molecule has 4 heterocycles. The highest BCUT2D eigenvalue weighted by atomic mass is 79.9. The first kappa shape index (κ1) is 17.9. The maximum Gasteiger partial charge on any atom is 0.197 e. The summed E-state index contributed by atoms with van der Waals surface area (Å²) in [5.74, 6) is 0.882. The topological polar surface area (TPSA) is 74.3 Å². The molecule has 0 saturated carbocycles. The average Bonchev–Trinajstić information content (AvgIpc) is 3.29. The normalized spacial score (nSPS) is 12.7. The predicted octanol–water partition coefficient (Wildman–Crippen LogP) is 4.46. The second-order valence-corrected chi connectivity index (χ2v) is 7.94. The minimum Gasteiger partial charge on any atom is -0.304 e. The average molecular weight is 448 g/mol. The Hall–Kier alpha value is -3.13. The van der Waals surface area contributed by atoms with Crippen molar-refractivity contribution >= 4 is 38.1 Å². The quantitative estimate of drug-likeness (QED) is 0.408. The summed E-state index contributed by atoms with van der Waals surface area (Å²) in [6.45, 7) is 4.13. The van der Waals surface area contributed by atoms with Crippen molar-refractivity contribution < 1.29 is 0 Å². The molecule has 5 aromatic rings. The van der Waals surface area contributed by atoms with Crippen molar-refractivity contribution in [1.82, 2.24) is 34.3 Å². The third kappa shape index (κ3) is 3.09. The number of benzene rings is 1. The maximum absolute atomic E-state index is 4.62. The third-order valence-electron chi connectivity index (χ3n) is 5.16. The number of aryl methyl sites for hydroxylation is 2. The highest BCUT2D eigenvalue weighted by molar-refractivity contribution is 9.10. The number of hydrogen-bond acceptors (Lipinski definition) is 5. The molecule has 0 aliphatic rings. The first-order valence-electron chi connectivity index (χ1n) is 9.25. The number of aromatic nitrogens is 7. The lowest BCUT2D eigenvalue weighted by Gasteiger charge is -2.17. The molecule has 0 spiro atoms. The molecule has 8 heteroatoms. The zero-order valence-corrected chi connectivity index (χ0v) is 17.8. The van der Waals surface area contributed by atoms with E-state index < -0.39 is 0 Å². The van der Waals surface area contributed by atoms with Gasteiger partial charge in [0.1, 0.15) is 10.4 Å². The summed E-state index contributed by atoms with van der Waals surface area (Å²) in [6.07, 6.45) is 7.41. The van der Waals surface area contributed by atoms with Gasteiger partial charge >= 0.3 is 0 Å². The van der Waals surface area contributed by atoms with Crippen LogP contribution in [0.25, 0.3) is 33.3 Å². The van der Waals surface area contributed by atoms with Gasteiger partial charge in [-0.25, -0.2) is 15.0 Å². The van der Waals surface area contributed by atoms with Crippen LogP contribution in [0.4, 0.5) is 0 Å². The van der Waals surface area contributed by atoms with Crippen LogP contribution in [-0.2, 0) is 7.05 Å². The van der Waals surface area contributed by atoms with Crippen LogP contribution in [0.15, 0.2) is 53.7 Å². The molecule has 0 saturated heterocycles. The smallest absolute Gasteiger partial charge is 0.197 e. The van der Waals surface area contributed by atoms with Crippen LogP contribution < -0.4 is 0 Å². The van der Waals surface area contributed by atoms with Crippen LogP contribution in [0.2, 0.25) is 0 Å². The number of halogens is 1. The third-order valence-corrected chi connectivity index (χ3v) is 5.55. The minimum absolute atomic E-state index is 0.0510. The van der Waals surface area contributed by atoms with Gasteiger partial charge in [-0.15, -0.1) is 0 Å². The molecular formula is C21H18BrN7. The molecule has 4 aromatic heterocycles. The van der Waals surface area contributed by atoms with Crippen molar-refractivity contribution in [3.63, 3.8) is 0 Å². The van der Waals surface area contributed by atoms with Gasteiger partial charge in [0, 0.05) is 36.0 Å². The van der Waals surface area contributed by atoms with Crippen molar-refractivity contribution in [3.8, 4) is 11.1 Å². The van der Waals surface area contributed by atoms with Crippen LogP contribution in [-0.4, -0.2) is 34.3 Å². The number of imidazole rings is 1. The van der Waals surface area contributed by atoms with Crippen molar-refractivity contribution in [1.29, 1.82) is 0 Å². The van der Waals surface area contributed by atoms with E-state index in [-0.39, 0.29) is 6.04 Å². The molecule has 7 nitrogen and oxygen atoms in total. The van der Waals surface area contributed by atoms with Crippen molar-refractivity contribution in [2.24, 2.45) is 7.05 Å². The van der Waals surface area contributed by atoms with E-state index >= 15 is 0 Å². The first-order chi connectivity index (χ1) is 14.0. The van der Waals surface area contributed by atoms with Gasteiger partial charge in [-0.3, -0.25) is 9.67 Å². The Bertz CT molecular complexity index is 1370. The van der Waals surface area contributed by atoms with Gasteiger partial charge in [-0.1, -0.05) is 6.07 Å². The van der Waals surface area contributed by atoms with Crippen LogP contribution in [0, 0.1) is 6.92 Å². The van der Waals surface area contributed by atoms with Crippen LogP contribution in [0.3, 0.4) is 0 Å². The molecule has 29 heavy (non-hydrogen) atoms. The van der Waals surface area contributed by atoms with Gasteiger partial charge in [0.15, 0.2) is 11.3 Å². The minimum atomic E-state index is 0.0510. The molecule has 1 aromatic carbocycles. The second kappa shape index (κ2) is 6.73. The Labute approximate surface area is 175 Å². The molecule has 144 valence electrons. The lowest BCUT2D eigenvalue weighted by Crippen LogP contribution is -2.09. The summed E-state index contributed by atoms with van der Waals surface area (Å²) in [5.41, 5.74) is 5.65. The van der Waals surface area contributed by atoms with E-state index in [4.69, 9.17) is 0 Å². The van der Waals surface area contributed by atoms with Crippen molar-refractivity contribution in [2.45, 2.75) is 19.9 Å². The van der Waals surface area contributed by atoms with E-state index in [9.17, 15) is 0 Å². The molecule has 0 aliphatic carbocycles. The monoisotopic (exact) mass is 447 g/mol. The maximum atomic E-state index is 4.62. The summed E-state index contributed by atoms with van der Waals surface area (Å²) in [5, 5.41) is 5.35. The number of rotatable bonds is 3. The zero-order valence-electron chi connectivity index (χ0n) is 16.2. The highest BCUT2D eigenvalue weighted by Crippen LogP contribution is 2.28. The summed E-state index contributed by atoms with van der Waals surface area (Å²) in [7, 11) is 1.91. The summed E-state index contributed by atoms with van der Waals surface area (Å²) in [6, 6.07) is 8.56. The van der Waals surface area contributed by atoms with Gasteiger partial charge in [0.2, 0.25) is 0 Å². The molecule has 0 aliphatic heterocycles. The molecule has 0 bridgehead atoms. The fraction of sp³-hybridized carbons (Fsp3) is 0.190. The standard InChI is InChI=1S/C21H18BrN7/c1-12(29-13(2)26-20-21(29)27-19(22)10-24-20)14-4-5-18-15(6-14)7-16(8-23-18)17-9-25-28(3)11-17/h4-12H,1-3H3/t12-/m0/s1. The molecule has 0 radical (unpaired) electrons. The lowest BCUT2D eigenvalue weighted by atomic mass is 10.0. The number of nitrogens with zero attached hydrogens (tertiary/aromatic N) is 7. The predicted molar refractivity (Wildman–Crippen MR) is 116 cm³/mol. The van der Waals surface area contributed by atoms with E-state index in [0.29, 0.717) is 10.3 Å². The van der Waals surface area contributed by atoms with Crippen LogP contribution >= 0.6 is 15.9 Å². The second-order valence-electron chi connectivity index (χ2n) is 7.12. The highest BCUT2D eigenvalue weighted by Gasteiger charge is 2.18. The largest absolute Gasteiger partial charge is 0.304 e. The number of hydrogen-bond donors (Lipinski definition) is 0. The molecule has 0 unspecified atom stereocenters. The van der Waals surface area contributed by atoms with Crippen molar-refractivity contribution in [3.05, 3.63) is 65.0 Å². The Morgan fingerprint density at radius 1 is 1.00 bits per heavy atom. The van der Waals surface area contributed by atoms with Gasteiger partial charge in [0.05, 0.1) is 24.0 Å². The van der Waals surface area contributed by atoms with E-state index in [1.807, 2.05) is 32.6 Å². The fourth-order valence-corrected chi connectivity index (χ4v) is 3.97. The molecule has 0 N–H and O–H groups in total. The Morgan fingerprint density at radius 3 is 2.66 bits per heavy atom. The number of fused-ring (bicyclic) bond motifs is 2. The van der Waals surface area contributed by atoms with Gasteiger partial charge < -0.3 is 4.57 Å². The Balaban J connectivity index is 1.61. The van der Waals surface area contributed by atoms with Crippen molar-refractivity contribution in [2.75, 3.05) is 0 Å². The molecule has 0 fully saturated rings. The zero-order chi connectivity index (χ0) is 20.1. The summed E-state index contributed by atoms with van der Waals surface area (Å²) in [4.78, 5) is 18.2. The molecule has 5 rings (SSSR count). The summed E-state index contributed by atoms with van der Waals surface area (Å²) >= 11 is 3.42. The fourth-order valence-electron chi connectivity index (χ4n) is 3.70.